The molecule has 4 heteroatoms. The molecule has 1 aliphatic heterocycles. The normalized spacial score (nSPS) is 20.3. The third-order valence-electron chi connectivity index (χ3n) is 2.45. The van der Waals surface area contributed by atoms with Crippen molar-refractivity contribution in [3.05, 3.63) is 28.5 Å². The topological polar surface area (TPSA) is 34.5 Å². The Balaban J connectivity index is 2.27. The number of hydrogen-bond acceptors (Lipinski definition) is 3. The van der Waals surface area contributed by atoms with Gasteiger partial charge in [0.15, 0.2) is 0 Å². The maximum atomic E-state index is 5.59. The van der Waals surface area contributed by atoms with Crippen molar-refractivity contribution in [3.63, 3.8) is 0 Å². The molecule has 0 radical (unpaired) electrons. The molecule has 2 rings (SSSR count). The van der Waals surface area contributed by atoms with Crippen LogP contribution in [0.5, 0.6) is 0 Å². The van der Waals surface area contributed by atoms with Crippen LogP contribution in [0.4, 0.5) is 0 Å². The van der Waals surface area contributed by atoms with Crippen LogP contribution in [0.3, 0.4) is 0 Å². The predicted molar refractivity (Wildman–Crippen MR) is 63.1 cm³/mol. The van der Waals surface area contributed by atoms with Crippen molar-refractivity contribution in [1.82, 2.24) is 4.98 Å². The first-order valence-electron chi connectivity index (χ1n) is 4.99. The zero-order valence-electron chi connectivity index (χ0n) is 8.77. The number of rotatable bonds is 2. The second kappa shape index (κ2) is 4.31. The minimum Gasteiger partial charge on any atom is -0.475 e. The summed E-state index contributed by atoms with van der Waals surface area (Å²) in [7, 11) is 0. The Morgan fingerprint density at radius 2 is 2.33 bits per heavy atom. The van der Waals surface area contributed by atoms with Crippen LogP contribution >= 0.6 is 15.9 Å². The van der Waals surface area contributed by atoms with E-state index in [2.05, 4.69) is 39.8 Å². The lowest BCUT2D eigenvalue weighted by Gasteiger charge is -2.06. The smallest absolute Gasteiger partial charge is 0.217 e. The predicted octanol–water partition coefficient (Wildman–Crippen LogP) is 2.65. The summed E-state index contributed by atoms with van der Waals surface area (Å²) in [6, 6.07) is 2.19. The zero-order valence-corrected chi connectivity index (χ0v) is 10.4. The average molecular weight is 269 g/mol. The molecule has 15 heavy (non-hydrogen) atoms. The van der Waals surface area contributed by atoms with Gasteiger partial charge in [0, 0.05) is 16.9 Å². The Morgan fingerprint density at radius 1 is 1.53 bits per heavy atom. The van der Waals surface area contributed by atoms with E-state index in [0.29, 0.717) is 12.5 Å². The van der Waals surface area contributed by atoms with Crippen molar-refractivity contribution in [2.75, 3.05) is 6.61 Å². The Morgan fingerprint density at radius 3 is 2.93 bits per heavy atom. The quantitative estimate of drug-likeness (QED) is 0.827. The molecule has 1 aliphatic rings. The van der Waals surface area contributed by atoms with E-state index in [1.165, 1.54) is 0 Å². The molecule has 0 saturated carbocycles. The fourth-order valence-electron chi connectivity index (χ4n) is 1.43. The molecular formula is C11H13BrN2O. The molecule has 3 nitrogen and oxygen atoms in total. The number of pyridine rings is 1. The highest BCUT2D eigenvalue weighted by Gasteiger charge is 2.23. The second-order valence-corrected chi connectivity index (χ2v) is 4.77. The van der Waals surface area contributed by atoms with E-state index in [1.807, 2.05) is 6.07 Å². The molecular weight excluding hydrogens is 256 g/mol. The highest BCUT2D eigenvalue weighted by atomic mass is 79.9. The van der Waals surface area contributed by atoms with Crippen LogP contribution in [0.1, 0.15) is 19.4 Å². The zero-order chi connectivity index (χ0) is 10.8. The van der Waals surface area contributed by atoms with Crippen molar-refractivity contribution in [1.29, 1.82) is 0 Å². The van der Waals surface area contributed by atoms with Gasteiger partial charge in [0.05, 0.1) is 11.6 Å². The first-order chi connectivity index (χ1) is 7.18. The SMILES string of the molecule is CC(C)C1COC(c2ccncc2Br)=N1. The number of halogens is 1. The molecule has 1 unspecified atom stereocenters. The van der Waals surface area contributed by atoms with Gasteiger partial charge in [-0.1, -0.05) is 13.8 Å². The van der Waals surface area contributed by atoms with Crippen LogP contribution in [-0.2, 0) is 4.74 Å². The summed E-state index contributed by atoms with van der Waals surface area (Å²) in [4.78, 5) is 8.57. The summed E-state index contributed by atoms with van der Waals surface area (Å²) >= 11 is 3.44. The Labute approximate surface area is 97.7 Å². The van der Waals surface area contributed by atoms with E-state index in [-0.39, 0.29) is 6.04 Å². The van der Waals surface area contributed by atoms with Crippen molar-refractivity contribution in [3.8, 4) is 0 Å². The van der Waals surface area contributed by atoms with E-state index in [1.54, 1.807) is 12.4 Å². The fraction of sp³-hybridized carbons (Fsp3) is 0.455. The number of aliphatic imine (C=N–C) groups is 1. The molecule has 0 amide bonds. The lowest BCUT2D eigenvalue weighted by atomic mass is 10.1. The highest BCUT2D eigenvalue weighted by molar-refractivity contribution is 9.10. The van der Waals surface area contributed by atoms with Gasteiger partial charge >= 0.3 is 0 Å². The van der Waals surface area contributed by atoms with Gasteiger partial charge in [0.25, 0.3) is 0 Å². The van der Waals surface area contributed by atoms with Crippen LogP contribution in [0.25, 0.3) is 0 Å². The minimum absolute atomic E-state index is 0.278. The molecule has 80 valence electrons. The summed E-state index contributed by atoms with van der Waals surface area (Å²) in [5, 5.41) is 0. The number of nitrogens with zero attached hydrogens (tertiary/aromatic N) is 2. The van der Waals surface area contributed by atoms with Gasteiger partial charge in [0.2, 0.25) is 5.90 Å². The molecule has 1 aromatic rings. The van der Waals surface area contributed by atoms with E-state index in [4.69, 9.17) is 4.74 Å². The molecule has 0 fully saturated rings. The molecule has 1 aromatic heterocycles. The van der Waals surface area contributed by atoms with Gasteiger partial charge in [-0.3, -0.25) is 4.98 Å². The van der Waals surface area contributed by atoms with Crippen LogP contribution in [0.2, 0.25) is 0 Å². The lowest BCUT2D eigenvalue weighted by molar-refractivity contribution is 0.291. The van der Waals surface area contributed by atoms with Crippen LogP contribution in [0, 0.1) is 5.92 Å². The van der Waals surface area contributed by atoms with Gasteiger partial charge in [-0.2, -0.15) is 0 Å². The second-order valence-electron chi connectivity index (χ2n) is 3.91. The molecule has 0 spiro atoms. The van der Waals surface area contributed by atoms with Crippen molar-refractivity contribution in [2.24, 2.45) is 10.9 Å². The van der Waals surface area contributed by atoms with Crippen molar-refractivity contribution >= 4 is 21.8 Å². The Bertz CT molecular complexity index is 390. The lowest BCUT2D eigenvalue weighted by Crippen LogP contribution is -2.13. The van der Waals surface area contributed by atoms with Crippen LogP contribution < -0.4 is 0 Å². The maximum Gasteiger partial charge on any atom is 0.217 e. The first kappa shape index (κ1) is 10.6. The van der Waals surface area contributed by atoms with Crippen LogP contribution in [0.15, 0.2) is 27.9 Å². The number of aromatic nitrogens is 1. The maximum absolute atomic E-state index is 5.59. The summed E-state index contributed by atoms with van der Waals surface area (Å²) in [5.74, 6) is 1.24. The summed E-state index contributed by atoms with van der Waals surface area (Å²) in [5.41, 5.74) is 0.980. The van der Waals surface area contributed by atoms with E-state index in [9.17, 15) is 0 Å². The number of ether oxygens (including phenoxy) is 1. The Hall–Kier alpha value is -0.900. The van der Waals surface area contributed by atoms with Crippen molar-refractivity contribution in [2.45, 2.75) is 19.9 Å². The van der Waals surface area contributed by atoms with Crippen molar-refractivity contribution < 1.29 is 4.74 Å². The highest BCUT2D eigenvalue weighted by Crippen LogP contribution is 2.22. The first-order valence-corrected chi connectivity index (χ1v) is 5.78. The van der Waals surface area contributed by atoms with E-state index in [0.717, 1.165) is 15.9 Å². The molecule has 0 aliphatic carbocycles. The molecule has 0 saturated heterocycles. The molecule has 0 bridgehead atoms. The molecule has 0 N–H and O–H groups in total. The van der Waals surface area contributed by atoms with E-state index >= 15 is 0 Å². The number of hydrogen-bond donors (Lipinski definition) is 0. The monoisotopic (exact) mass is 268 g/mol. The minimum atomic E-state index is 0.278. The van der Waals surface area contributed by atoms with E-state index < -0.39 is 0 Å². The summed E-state index contributed by atoms with van der Waals surface area (Å²) in [6.07, 6.45) is 3.50. The third-order valence-corrected chi connectivity index (χ3v) is 3.08. The third kappa shape index (κ3) is 2.20. The average Bonchev–Trinajstić information content (AvgIpc) is 2.67. The standard InChI is InChI=1S/C11H13BrN2O/c1-7(2)10-6-15-11(14-10)8-3-4-13-5-9(8)12/h3-5,7,10H,6H2,1-2H3. The van der Waals surface area contributed by atoms with Gasteiger partial charge in [-0.05, 0) is 27.9 Å². The van der Waals surface area contributed by atoms with Gasteiger partial charge < -0.3 is 4.74 Å². The van der Waals surface area contributed by atoms with Gasteiger partial charge in [-0.25, -0.2) is 4.99 Å². The molecule has 0 aromatic carbocycles. The summed E-state index contributed by atoms with van der Waals surface area (Å²) in [6.45, 7) is 4.99. The fourth-order valence-corrected chi connectivity index (χ4v) is 1.85. The van der Waals surface area contributed by atoms with Crippen LogP contribution in [-0.4, -0.2) is 23.5 Å². The molecule has 2 heterocycles. The van der Waals surface area contributed by atoms with Gasteiger partial charge in [-0.15, -0.1) is 0 Å². The largest absolute Gasteiger partial charge is 0.475 e. The summed E-state index contributed by atoms with van der Waals surface area (Å²) < 4.78 is 6.51. The van der Waals surface area contributed by atoms with Gasteiger partial charge in [0.1, 0.15) is 6.61 Å². The Kier molecular flexibility index (Phi) is 3.05. The molecule has 1 atom stereocenters.